The number of fused-ring (bicyclic) bond motifs is 1. The number of halogens is 1. The van der Waals surface area contributed by atoms with Crippen LogP contribution in [-0.2, 0) is 0 Å². The van der Waals surface area contributed by atoms with Gasteiger partial charge in [-0.2, -0.15) is 0 Å². The van der Waals surface area contributed by atoms with Crippen LogP contribution in [0.25, 0.3) is 5.52 Å². The Morgan fingerprint density at radius 3 is 3.00 bits per heavy atom. The highest BCUT2D eigenvalue weighted by Gasteiger charge is 2.06. The minimum atomic E-state index is 0.569. The number of pyridine rings is 1. The predicted molar refractivity (Wildman–Crippen MR) is 52.0 cm³/mol. The molecule has 0 saturated carbocycles. The molecule has 0 unspecified atom stereocenters. The molecule has 2 heterocycles. The first-order chi connectivity index (χ1) is 5.70. The van der Waals surface area contributed by atoms with Gasteiger partial charge in [0.15, 0.2) is 5.82 Å². The summed E-state index contributed by atoms with van der Waals surface area (Å²) in [6.07, 6.45) is 1.94. The second-order valence-corrected chi connectivity index (χ2v) is 3.47. The van der Waals surface area contributed by atoms with Crippen molar-refractivity contribution in [1.29, 1.82) is 0 Å². The SMILES string of the molecule is Cc1nc(N)c2c(Br)cccn12. The highest BCUT2D eigenvalue weighted by atomic mass is 79.9. The summed E-state index contributed by atoms with van der Waals surface area (Å²) >= 11 is 3.42. The third kappa shape index (κ3) is 0.914. The first-order valence-corrected chi connectivity index (χ1v) is 4.38. The molecular formula is C8H8BrN3. The fraction of sp³-hybridized carbons (Fsp3) is 0.125. The van der Waals surface area contributed by atoms with Crippen LogP contribution in [0, 0.1) is 6.92 Å². The lowest BCUT2D eigenvalue weighted by atomic mass is 10.4. The van der Waals surface area contributed by atoms with Gasteiger partial charge in [0, 0.05) is 10.7 Å². The maximum Gasteiger partial charge on any atom is 0.151 e. The van der Waals surface area contributed by atoms with Crippen molar-refractivity contribution in [3.05, 3.63) is 28.6 Å². The molecule has 3 nitrogen and oxygen atoms in total. The Kier molecular flexibility index (Phi) is 1.58. The van der Waals surface area contributed by atoms with Crippen molar-refractivity contribution in [2.24, 2.45) is 0 Å². The summed E-state index contributed by atoms with van der Waals surface area (Å²) in [6.45, 7) is 1.93. The molecule has 2 rings (SSSR count). The van der Waals surface area contributed by atoms with Crippen LogP contribution in [0.4, 0.5) is 5.82 Å². The number of hydrogen-bond donors (Lipinski definition) is 1. The number of nitrogen functional groups attached to an aromatic ring is 1. The molecule has 0 aliphatic rings. The smallest absolute Gasteiger partial charge is 0.151 e. The van der Waals surface area contributed by atoms with Crippen molar-refractivity contribution in [3.63, 3.8) is 0 Å². The molecule has 0 aliphatic carbocycles. The van der Waals surface area contributed by atoms with Crippen LogP contribution in [0.15, 0.2) is 22.8 Å². The van der Waals surface area contributed by atoms with Gasteiger partial charge >= 0.3 is 0 Å². The van der Waals surface area contributed by atoms with E-state index in [4.69, 9.17) is 5.73 Å². The van der Waals surface area contributed by atoms with E-state index in [1.165, 1.54) is 0 Å². The van der Waals surface area contributed by atoms with Gasteiger partial charge in [-0.1, -0.05) is 0 Å². The molecule has 0 radical (unpaired) electrons. The average molecular weight is 226 g/mol. The second kappa shape index (κ2) is 2.48. The van der Waals surface area contributed by atoms with E-state index >= 15 is 0 Å². The van der Waals surface area contributed by atoms with E-state index in [1.54, 1.807) is 0 Å². The molecule has 0 aromatic carbocycles. The molecule has 12 heavy (non-hydrogen) atoms. The molecule has 0 bridgehead atoms. The summed E-state index contributed by atoms with van der Waals surface area (Å²) in [5.41, 5.74) is 6.66. The number of imidazole rings is 1. The number of aryl methyl sites for hydroxylation is 1. The number of nitrogens with two attached hydrogens (primary N) is 1. The first-order valence-electron chi connectivity index (χ1n) is 3.59. The van der Waals surface area contributed by atoms with E-state index in [1.807, 2.05) is 29.7 Å². The highest BCUT2D eigenvalue weighted by Crippen LogP contribution is 2.23. The number of anilines is 1. The Morgan fingerprint density at radius 1 is 1.58 bits per heavy atom. The lowest BCUT2D eigenvalue weighted by Crippen LogP contribution is -1.87. The Bertz CT molecular complexity index is 433. The van der Waals surface area contributed by atoms with E-state index < -0.39 is 0 Å². The zero-order valence-corrected chi connectivity index (χ0v) is 8.17. The third-order valence-electron chi connectivity index (χ3n) is 1.82. The maximum atomic E-state index is 5.72. The normalized spacial score (nSPS) is 10.8. The molecule has 62 valence electrons. The van der Waals surface area contributed by atoms with E-state index in [-0.39, 0.29) is 0 Å². The van der Waals surface area contributed by atoms with Crippen LogP contribution in [0.5, 0.6) is 0 Å². The number of hydrogen-bond acceptors (Lipinski definition) is 2. The van der Waals surface area contributed by atoms with Gasteiger partial charge < -0.3 is 10.1 Å². The lowest BCUT2D eigenvalue weighted by Gasteiger charge is -1.97. The maximum absolute atomic E-state index is 5.72. The molecule has 0 amide bonds. The zero-order chi connectivity index (χ0) is 8.72. The molecular weight excluding hydrogens is 218 g/mol. The quantitative estimate of drug-likeness (QED) is 0.746. The molecule has 2 aromatic rings. The summed E-state index contributed by atoms with van der Waals surface area (Å²) in [4.78, 5) is 4.16. The second-order valence-electron chi connectivity index (χ2n) is 2.62. The Labute approximate surface area is 78.3 Å². The molecule has 2 N–H and O–H groups in total. The van der Waals surface area contributed by atoms with Crippen LogP contribution in [0.1, 0.15) is 5.82 Å². The van der Waals surface area contributed by atoms with Gasteiger partial charge in [0.25, 0.3) is 0 Å². The van der Waals surface area contributed by atoms with Crippen LogP contribution in [0.2, 0.25) is 0 Å². The summed E-state index contributed by atoms with van der Waals surface area (Å²) < 4.78 is 2.93. The monoisotopic (exact) mass is 225 g/mol. The lowest BCUT2D eigenvalue weighted by molar-refractivity contribution is 1.04. The Hall–Kier alpha value is -1.03. The summed E-state index contributed by atoms with van der Waals surface area (Å²) in [5.74, 6) is 1.48. The fourth-order valence-electron chi connectivity index (χ4n) is 1.28. The van der Waals surface area contributed by atoms with Gasteiger partial charge in [0.05, 0.1) is 0 Å². The molecule has 2 aromatic heterocycles. The molecule has 0 atom stereocenters. The van der Waals surface area contributed by atoms with Crippen LogP contribution < -0.4 is 5.73 Å². The minimum Gasteiger partial charge on any atom is -0.382 e. The summed E-state index contributed by atoms with van der Waals surface area (Å²) in [5, 5.41) is 0. The van der Waals surface area contributed by atoms with Gasteiger partial charge in [-0.25, -0.2) is 4.98 Å². The first kappa shape index (κ1) is 7.61. The van der Waals surface area contributed by atoms with Crippen molar-refractivity contribution in [3.8, 4) is 0 Å². The Balaban J connectivity index is 2.99. The highest BCUT2D eigenvalue weighted by molar-refractivity contribution is 9.10. The standard InChI is InChI=1S/C8H8BrN3/c1-5-11-8(10)7-6(9)3-2-4-12(5)7/h2-4H,10H2,1H3. The largest absolute Gasteiger partial charge is 0.382 e. The van der Waals surface area contributed by atoms with Crippen molar-refractivity contribution in [2.75, 3.05) is 5.73 Å². The number of nitrogens with zero attached hydrogens (tertiary/aromatic N) is 2. The molecule has 0 aliphatic heterocycles. The molecule has 4 heteroatoms. The topological polar surface area (TPSA) is 43.3 Å². The van der Waals surface area contributed by atoms with Crippen LogP contribution >= 0.6 is 15.9 Å². The van der Waals surface area contributed by atoms with E-state index in [2.05, 4.69) is 20.9 Å². The number of rotatable bonds is 0. The van der Waals surface area contributed by atoms with E-state index in [9.17, 15) is 0 Å². The van der Waals surface area contributed by atoms with Crippen molar-refractivity contribution in [2.45, 2.75) is 6.92 Å². The summed E-state index contributed by atoms with van der Waals surface area (Å²) in [7, 11) is 0. The van der Waals surface area contributed by atoms with Crippen molar-refractivity contribution in [1.82, 2.24) is 9.38 Å². The van der Waals surface area contributed by atoms with E-state index in [0.717, 1.165) is 15.8 Å². The van der Waals surface area contributed by atoms with Crippen LogP contribution in [0.3, 0.4) is 0 Å². The van der Waals surface area contributed by atoms with Gasteiger partial charge in [-0.3, -0.25) is 0 Å². The fourth-order valence-corrected chi connectivity index (χ4v) is 1.83. The summed E-state index contributed by atoms with van der Waals surface area (Å²) in [6, 6.07) is 3.90. The van der Waals surface area contributed by atoms with Crippen molar-refractivity contribution >= 4 is 27.3 Å². The van der Waals surface area contributed by atoms with Gasteiger partial charge in [-0.15, -0.1) is 0 Å². The van der Waals surface area contributed by atoms with E-state index in [0.29, 0.717) is 5.82 Å². The zero-order valence-electron chi connectivity index (χ0n) is 6.58. The van der Waals surface area contributed by atoms with Gasteiger partial charge in [0.2, 0.25) is 0 Å². The van der Waals surface area contributed by atoms with Gasteiger partial charge in [0.1, 0.15) is 11.3 Å². The predicted octanol–water partition coefficient (Wildman–Crippen LogP) is 1.99. The van der Waals surface area contributed by atoms with Crippen LogP contribution in [-0.4, -0.2) is 9.38 Å². The third-order valence-corrected chi connectivity index (χ3v) is 2.46. The van der Waals surface area contributed by atoms with Gasteiger partial charge in [-0.05, 0) is 35.0 Å². The molecule has 0 saturated heterocycles. The molecule has 0 spiro atoms. The minimum absolute atomic E-state index is 0.569. The average Bonchev–Trinajstić information content (AvgIpc) is 2.29. The van der Waals surface area contributed by atoms with Crippen molar-refractivity contribution < 1.29 is 0 Å². The number of aromatic nitrogens is 2. The Morgan fingerprint density at radius 2 is 2.33 bits per heavy atom. The molecule has 0 fully saturated rings.